The van der Waals surface area contributed by atoms with Crippen LogP contribution in [0.2, 0.25) is 0 Å². The third-order valence-electron chi connectivity index (χ3n) is 5.47. The Balaban J connectivity index is 1.49. The van der Waals surface area contributed by atoms with Gasteiger partial charge < -0.3 is 20.4 Å². The number of aromatic nitrogens is 2. The number of hydrogen-bond donors (Lipinski definition) is 3. The maximum atomic E-state index is 13.0. The predicted molar refractivity (Wildman–Crippen MR) is 132 cm³/mol. The molecule has 0 saturated carbocycles. The summed E-state index contributed by atoms with van der Waals surface area (Å²) in [6, 6.07) is 14.1. The topological polar surface area (TPSA) is 96.1 Å². The fourth-order valence-corrected chi connectivity index (χ4v) is 4.44. The van der Waals surface area contributed by atoms with Crippen molar-refractivity contribution in [3.8, 4) is 17.0 Å². The zero-order valence-electron chi connectivity index (χ0n) is 18.9. The number of hydrogen-bond acceptors (Lipinski definition) is 5. The van der Waals surface area contributed by atoms with E-state index in [1.807, 2.05) is 44.4 Å². The van der Waals surface area contributed by atoms with Crippen molar-refractivity contribution in [1.29, 1.82) is 0 Å². The Bertz CT molecular complexity index is 1290. The smallest absolute Gasteiger partial charge is 0.251 e. The Kier molecular flexibility index (Phi) is 6.46. The number of thiazole rings is 1. The van der Waals surface area contributed by atoms with E-state index >= 15 is 0 Å². The van der Waals surface area contributed by atoms with Crippen LogP contribution in [0.3, 0.4) is 0 Å². The van der Waals surface area contributed by atoms with E-state index in [2.05, 4.69) is 26.7 Å². The maximum Gasteiger partial charge on any atom is 0.251 e. The minimum absolute atomic E-state index is 0.109. The average Bonchev–Trinajstić information content (AvgIpc) is 3.39. The number of aromatic amines is 1. The van der Waals surface area contributed by atoms with Gasteiger partial charge in [-0.25, -0.2) is 4.98 Å². The maximum absolute atomic E-state index is 13.0. The molecule has 4 rings (SSSR count). The molecular formula is C25H26N4O3S. The van der Waals surface area contributed by atoms with Crippen LogP contribution in [0.25, 0.3) is 22.2 Å². The Morgan fingerprint density at radius 1 is 1.09 bits per heavy atom. The third kappa shape index (κ3) is 4.75. The summed E-state index contributed by atoms with van der Waals surface area (Å²) in [6.07, 6.45) is 0. The molecule has 0 radical (unpaired) electrons. The Morgan fingerprint density at radius 2 is 1.82 bits per heavy atom. The molecule has 0 aliphatic heterocycles. The number of carbonyl (C=O) groups is 2. The SMILES string of the molecule is COc1ccc(C(=O)NC(C(=O)Nc2nc(-c3c(C)[nH]c4ccccc34)cs2)C(C)C)cc1. The van der Waals surface area contributed by atoms with Gasteiger partial charge >= 0.3 is 0 Å². The Labute approximate surface area is 196 Å². The largest absolute Gasteiger partial charge is 0.497 e. The summed E-state index contributed by atoms with van der Waals surface area (Å²) in [4.78, 5) is 33.7. The minimum atomic E-state index is -0.707. The zero-order valence-corrected chi connectivity index (χ0v) is 19.7. The third-order valence-corrected chi connectivity index (χ3v) is 6.23. The molecule has 4 aromatic rings. The van der Waals surface area contributed by atoms with E-state index in [9.17, 15) is 9.59 Å². The summed E-state index contributed by atoms with van der Waals surface area (Å²) in [7, 11) is 1.57. The molecule has 0 saturated heterocycles. The number of fused-ring (bicyclic) bond motifs is 1. The molecule has 0 spiro atoms. The van der Waals surface area contributed by atoms with Gasteiger partial charge in [0, 0.05) is 33.1 Å². The quantitative estimate of drug-likeness (QED) is 0.360. The predicted octanol–water partition coefficient (Wildman–Crippen LogP) is 5.00. The molecule has 33 heavy (non-hydrogen) atoms. The molecule has 2 aromatic carbocycles. The van der Waals surface area contributed by atoms with Crippen LogP contribution in [0.4, 0.5) is 5.13 Å². The number of H-pyrrole nitrogens is 1. The highest BCUT2D eigenvalue weighted by molar-refractivity contribution is 7.14. The number of methoxy groups -OCH3 is 1. The summed E-state index contributed by atoms with van der Waals surface area (Å²) >= 11 is 1.36. The molecule has 0 bridgehead atoms. The Hall–Kier alpha value is -3.65. The number of anilines is 1. The van der Waals surface area contributed by atoms with Crippen LogP contribution in [0, 0.1) is 12.8 Å². The van der Waals surface area contributed by atoms with Crippen molar-refractivity contribution in [3.05, 3.63) is 65.2 Å². The number of ether oxygens (including phenoxy) is 1. The van der Waals surface area contributed by atoms with Gasteiger partial charge in [0.05, 0.1) is 12.8 Å². The lowest BCUT2D eigenvalue weighted by molar-refractivity contribution is -0.118. The monoisotopic (exact) mass is 462 g/mol. The van der Waals surface area contributed by atoms with Gasteiger partial charge in [0.15, 0.2) is 5.13 Å². The van der Waals surface area contributed by atoms with Crippen molar-refractivity contribution >= 4 is 39.2 Å². The molecule has 1 atom stereocenters. The molecule has 3 N–H and O–H groups in total. The van der Waals surface area contributed by atoms with Crippen LogP contribution in [-0.2, 0) is 4.79 Å². The van der Waals surface area contributed by atoms with E-state index in [1.165, 1.54) is 11.3 Å². The first-order valence-corrected chi connectivity index (χ1v) is 11.5. The van der Waals surface area contributed by atoms with Crippen molar-refractivity contribution in [3.63, 3.8) is 0 Å². The molecule has 2 aromatic heterocycles. The van der Waals surface area contributed by atoms with Crippen LogP contribution < -0.4 is 15.4 Å². The van der Waals surface area contributed by atoms with Gasteiger partial charge in [-0.1, -0.05) is 32.0 Å². The fourth-order valence-electron chi connectivity index (χ4n) is 3.74. The normalized spacial score (nSPS) is 12.0. The van der Waals surface area contributed by atoms with Crippen molar-refractivity contribution < 1.29 is 14.3 Å². The fraction of sp³-hybridized carbons (Fsp3) is 0.240. The molecule has 170 valence electrons. The van der Waals surface area contributed by atoms with Gasteiger partial charge in [-0.3, -0.25) is 9.59 Å². The highest BCUT2D eigenvalue weighted by Crippen LogP contribution is 2.33. The van der Waals surface area contributed by atoms with Crippen LogP contribution >= 0.6 is 11.3 Å². The number of carbonyl (C=O) groups excluding carboxylic acids is 2. The molecule has 0 aliphatic carbocycles. The van der Waals surface area contributed by atoms with E-state index in [0.717, 1.165) is 27.9 Å². The molecule has 2 heterocycles. The molecular weight excluding hydrogens is 436 g/mol. The first kappa shape index (κ1) is 22.5. The van der Waals surface area contributed by atoms with Crippen molar-refractivity contribution in [1.82, 2.24) is 15.3 Å². The first-order chi connectivity index (χ1) is 15.9. The van der Waals surface area contributed by atoms with Gasteiger partial charge in [-0.15, -0.1) is 11.3 Å². The van der Waals surface area contributed by atoms with Crippen molar-refractivity contribution in [2.75, 3.05) is 12.4 Å². The lowest BCUT2D eigenvalue weighted by Crippen LogP contribution is -2.47. The second kappa shape index (κ2) is 9.46. The molecule has 0 fully saturated rings. The van der Waals surface area contributed by atoms with Crippen molar-refractivity contribution in [2.45, 2.75) is 26.8 Å². The second-order valence-corrected chi connectivity index (χ2v) is 8.98. The van der Waals surface area contributed by atoms with Gasteiger partial charge in [-0.2, -0.15) is 0 Å². The van der Waals surface area contributed by atoms with Gasteiger partial charge in [-0.05, 0) is 43.2 Å². The summed E-state index contributed by atoms with van der Waals surface area (Å²) in [6.45, 7) is 5.79. The molecule has 1 unspecified atom stereocenters. The number of benzene rings is 2. The average molecular weight is 463 g/mol. The van der Waals surface area contributed by atoms with Crippen LogP contribution in [-0.4, -0.2) is 34.9 Å². The molecule has 7 nitrogen and oxygen atoms in total. The number of nitrogens with one attached hydrogen (secondary N) is 3. The summed E-state index contributed by atoms with van der Waals surface area (Å²) in [5.41, 5.74) is 4.35. The number of rotatable bonds is 7. The lowest BCUT2D eigenvalue weighted by Gasteiger charge is -2.21. The first-order valence-electron chi connectivity index (χ1n) is 10.7. The van der Waals surface area contributed by atoms with Crippen LogP contribution in [0.15, 0.2) is 53.9 Å². The zero-order chi connectivity index (χ0) is 23.5. The molecule has 0 aliphatic rings. The second-order valence-electron chi connectivity index (χ2n) is 8.12. The molecule has 8 heteroatoms. The molecule has 2 amide bonds. The highest BCUT2D eigenvalue weighted by Gasteiger charge is 2.26. The standard InChI is InChI=1S/C25H26N4O3S/c1-14(2)22(28-23(30)16-9-11-17(32-4)12-10-16)24(31)29-25-27-20(13-33-25)21-15(3)26-19-8-6-5-7-18(19)21/h5-14,22,26H,1-4H3,(H,28,30)(H,27,29,31). The minimum Gasteiger partial charge on any atom is -0.497 e. The number of nitrogens with zero attached hydrogens (tertiary/aromatic N) is 1. The number of amides is 2. The van der Waals surface area contributed by atoms with E-state index in [0.29, 0.717) is 16.4 Å². The van der Waals surface area contributed by atoms with Gasteiger partial charge in [0.25, 0.3) is 5.91 Å². The lowest BCUT2D eigenvalue weighted by atomic mass is 10.0. The summed E-state index contributed by atoms with van der Waals surface area (Å²) in [5.74, 6) is -0.0682. The van der Waals surface area contributed by atoms with E-state index in [4.69, 9.17) is 4.74 Å². The number of aryl methyl sites for hydroxylation is 1. The Morgan fingerprint density at radius 3 is 2.52 bits per heavy atom. The van der Waals surface area contributed by atoms with Crippen LogP contribution in [0.5, 0.6) is 5.75 Å². The van der Waals surface area contributed by atoms with E-state index in [1.54, 1.807) is 31.4 Å². The van der Waals surface area contributed by atoms with Gasteiger partial charge in [0.2, 0.25) is 5.91 Å². The van der Waals surface area contributed by atoms with E-state index < -0.39 is 6.04 Å². The van der Waals surface area contributed by atoms with E-state index in [-0.39, 0.29) is 17.7 Å². The summed E-state index contributed by atoms with van der Waals surface area (Å²) in [5, 5.41) is 9.22. The van der Waals surface area contributed by atoms with Crippen LogP contribution in [0.1, 0.15) is 29.9 Å². The summed E-state index contributed by atoms with van der Waals surface area (Å²) < 4.78 is 5.13. The van der Waals surface area contributed by atoms with Crippen molar-refractivity contribution in [2.24, 2.45) is 5.92 Å². The van der Waals surface area contributed by atoms with Gasteiger partial charge in [0.1, 0.15) is 11.8 Å². The number of para-hydroxylation sites is 1. The highest BCUT2D eigenvalue weighted by atomic mass is 32.1.